The fourth-order valence-corrected chi connectivity index (χ4v) is 5.02. The van der Waals surface area contributed by atoms with Gasteiger partial charge in [-0.1, -0.05) is 18.2 Å². The molecule has 0 atom stereocenters. The number of aromatic nitrogens is 1. The van der Waals surface area contributed by atoms with Crippen LogP contribution in [0.4, 0.5) is 0 Å². The van der Waals surface area contributed by atoms with E-state index in [0.29, 0.717) is 24.5 Å². The van der Waals surface area contributed by atoms with E-state index in [-0.39, 0.29) is 11.8 Å². The second-order valence-electron chi connectivity index (χ2n) is 7.16. The van der Waals surface area contributed by atoms with Crippen LogP contribution in [0.15, 0.2) is 52.9 Å². The van der Waals surface area contributed by atoms with Crippen molar-refractivity contribution in [3.63, 3.8) is 0 Å². The predicted molar refractivity (Wildman–Crippen MR) is 121 cm³/mol. The molecular formula is C23H23N3O2S2. The highest BCUT2D eigenvalue weighted by molar-refractivity contribution is 7.98. The van der Waals surface area contributed by atoms with Crippen LogP contribution in [0.25, 0.3) is 0 Å². The molecule has 5 nitrogen and oxygen atoms in total. The first-order valence-electron chi connectivity index (χ1n) is 9.78. The van der Waals surface area contributed by atoms with Crippen molar-refractivity contribution in [2.75, 3.05) is 12.8 Å². The molecule has 1 aliphatic rings. The SMILES string of the molecule is CSc1ccccc1C(=O)N1CCc2c(cnc(C)c2CNC(=O)c2cccs2)C1. The summed E-state index contributed by atoms with van der Waals surface area (Å²) in [4.78, 5) is 33.6. The third-order valence-corrected chi connectivity index (χ3v) is 7.06. The van der Waals surface area contributed by atoms with E-state index in [4.69, 9.17) is 0 Å². The zero-order valence-electron chi connectivity index (χ0n) is 17.0. The molecule has 3 heterocycles. The number of rotatable bonds is 5. The first kappa shape index (κ1) is 20.6. The molecule has 1 N–H and O–H groups in total. The lowest BCUT2D eigenvalue weighted by atomic mass is 9.94. The van der Waals surface area contributed by atoms with Gasteiger partial charge in [0.2, 0.25) is 0 Å². The van der Waals surface area contributed by atoms with Crippen LogP contribution in [-0.2, 0) is 19.5 Å². The van der Waals surface area contributed by atoms with Crippen molar-refractivity contribution in [3.8, 4) is 0 Å². The number of fused-ring (bicyclic) bond motifs is 1. The third-order valence-electron chi connectivity index (χ3n) is 5.39. The fourth-order valence-electron chi connectivity index (χ4n) is 3.79. The van der Waals surface area contributed by atoms with Crippen LogP contribution in [0.2, 0.25) is 0 Å². The highest BCUT2D eigenvalue weighted by atomic mass is 32.2. The average Bonchev–Trinajstić information content (AvgIpc) is 3.32. The topological polar surface area (TPSA) is 62.3 Å². The summed E-state index contributed by atoms with van der Waals surface area (Å²) in [5, 5.41) is 4.91. The molecule has 7 heteroatoms. The van der Waals surface area contributed by atoms with Crippen LogP contribution in [-0.4, -0.2) is 34.5 Å². The lowest BCUT2D eigenvalue weighted by molar-refractivity contribution is 0.0730. The van der Waals surface area contributed by atoms with Crippen molar-refractivity contribution in [2.45, 2.75) is 31.3 Å². The van der Waals surface area contributed by atoms with Crippen LogP contribution in [0.1, 0.15) is 42.4 Å². The smallest absolute Gasteiger partial charge is 0.261 e. The standard InChI is InChI=1S/C23H23N3O2S2/c1-15-19(13-25-22(27)21-8-5-11-30-21)17-9-10-26(14-16(17)12-24-15)23(28)18-6-3-4-7-20(18)29-2/h3-8,11-12H,9-10,13-14H2,1-2H3,(H,25,27). The lowest BCUT2D eigenvalue weighted by Gasteiger charge is -2.31. The molecule has 0 saturated carbocycles. The van der Waals surface area contributed by atoms with Crippen molar-refractivity contribution >= 4 is 34.9 Å². The van der Waals surface area contributed by atoms with Gasteiger partial charge in [0, 0.05) is 36.4 Å². The normalized spacial score (nSPS) is 13.1. The van der Waals surface area contributed by atoms with Gasteiger partial charge < -0.3 is 10.2 Å². The summed E-state index contributed by atoms with van der Waals surface area (Å²) in [6, 6.07) is 11.4. The summed E-state index contributed by atoms with van der Waals surface area (Å²) >= 11 is 3.02. The Balaban J connectivity index is 1.52. The molecule has 0 unspecified atom stereocenters. The number of nitrogens with zero attached hydrogens (tertiary/aromatic N) is 2. The molecule has 2 amide bonds. The predicted octanol–water partition coefficient (Wildman–Crippen LogP) is 4.30. The van der Waals surface area contributed by atoms with E-state index in [9.17, 15) is 9.59 Å². The fraction of sp³-hybridized carbons (Fsp3) is 0.261. The van der Waals surface area contributed by atoms with Crippen LogP contribution < -0.4 is 5.32 Å². The Morgan fingerprint density at radius 3 is 2.83 bits per heavy atom. The van der Waals surface area contributed by atoms with Crippen molar-refractivity contribution in [1.29, 1.82) is 0 Å². The average molecular weight is 438 g/mol. The maximum atomic E-state index is 13.1. The van der Waals surface area contributed by atoms with Gasteiger partial charge in [0.05, 0.1) is 10.4 Å². The first-order chi connectivity index (χ1) is 14.6. The Morgan fingerprint density at radius 2 is 2.07 bits per heavy atom. The van der Waals surface area contributed by atoms with Crippen molar-refractivity contribution in [2.24, 2.45) is 0 Å². The molecule has 1 aliphatic heterocycles. The first-order valence-corrected chi connectivity index (χ1v) is 11.9. The summed E-state index contributed by atoms with van der Waals surface area (Å²) in [6.45, 7) is 3.61. The Bertz CT molecular complexity index is 1080. The van der Waals surface area contributed by atoms with E-state index in [0.717, 1.165) is 33.7 Å². The van der Waals surface area contributed by atoms with Gasteiger partial charge in [0.1, 0.15) is 0 Å². The molecule has 0 aliphatic carbocycles. The monoisotopic (exact) mass is 437 g/mol. The number of aryl methyl sites for hydroxylation is 1. The molecule has 0 spiro atoms. The number of thiophene rings is 1. The number of nitrogens with one attached hydrogen (secondary N) is 1. The van der Waals surface area contributed by atoms with Crippen LogP contribution >= 0.6 is 23.1 Å². The number of carbonyl (C=O) groups is 2. The summed E-state index contributed by atoms with van der Waals surface area (Å²) < 4.78 is 0. The maximum Gasteiger partial charge on any atom is 0.261 e. The molecule has 0 fully saturated rings. The van der Waals surface area contributed by atoms with Crippen LogP contribution in [0, 0.1) is 6.92 Å². The van der Waals surface area contributed by atoms with E-state index < -0.39 is 0 Å². The van der Waals surface area contributed by atoms with Gasteiger partial charge in [-0.25, -0.2) is 0 Å². The molecular weight excluding hydrogens is 414 g/mol. The van der Waals surface area contributed by atoms with Crippen LogP contribution in [0.3, 0.4) is 0 Å². The Labute approximate surface area is 184 Å². The van der Waals surface area contributed by atoms with E-state index in [1.54, 1.807) is 11.8 Å². The molecule has 30 heavy (non-hydrogen) atoms. The number of hydrogen-bond acceptors (Lipinski definition) is 5. The van der Waals surface area contributed by atoms with Gasteiger partial charge in [-0.05, 0) is 59.9 Å². The van der Waals surface area contributed by atoms with E-state index in [2.05, 4.69) is 10.3 Å². The van der Waals surface area contributed by atoms with Crippen molar-refractivity contribution in [3.05, 3.63) is 80.8 Å². The van der Waals surface area contributed by atoms with Gasteiger partial charge in [-0.15, -0.1) is 23.1 Å². The molecule has 1 aromatic carbocycles. The van der Waals surface area contributed by atoms with Gasteiger partial charge in [-0.3, -0.25) is 14.6 Å². The minimum atomic E-state index is -0.0664. The largest absolute Gasteiger partial charge is 0.347 e. The molecule has 3 aromatic rings. The molecule has 0 radical (unpaired) electrons. The minimum absolute atomic E-state index is 0.0544. The summed E-state index contributed by atoms with van der Waals surface area (Å²) in [7, 11) is 0. The Morgan fingerprint density at radius 1 is 1.23 bits per heavy atom. The second kappa shape index (κ2) is 9.02. The number of carbonyl (C=O) groups excluding carboxylic acids is 2. The van der Waals surface area contributed by atoms with Crippen molar-refractivity contribution in [1.82, 2.24) is 15.2 Å². The number of amides is 2. The van der Waals surface area contributed by atoms with Gasteiger partial charge in [-0.2, -0.15) is 0 Å². The maximum absolute atomic E-state index is 13.1. The highest BCUT2D eigenvalue weighted by Crippen LogP contribution is 2.27. The van der Waals surface area contributed by atoms with E-state index in [1.165, 1.54) is 16.9 Å². The molecule has 154 valence electrons. The minimum Gasteiger partial charge on any atom is -0.347 e. The van der Waals surface area contributed by atoms with Crippen LogP contribution in [0.5, 0.6) is 0 Å². The van der Waals surface area contributed by atoms with E-state index >= 15 is 0 Å². The number of hydrogen-bond donors (Lipinski definition) is 1. The van der Waals surface area contributed by atoms with E-state index in [1.807, 2.05) is 66.1 Å². The number of benzene rings is 1. The quantitative estimate of drug-likeness (QED) is 0.605. The lowest BCUT2D eigenvalue weighted by Crippen LogP contribution is -2.37. The summed E-state index contributed by atoms with van der Waals surface area (Å²) in [6.07, 6.45) is 4.62. The van der Waals surface area contributed by atoms with Gasteiger partial charge in [0.15, 0.2) is 0 Å². The molecule has 2 aromatic heterocycles. The molecule has 0 saturated heterocycles. The Kier molecular flexibility index (Phi) is 6.20. The molecule has 0 bridgehead atoms. The number of thioether (sulfide) groups is 1. The second-order valence-corrected chi connectivity index (χ2v) is 8.96. The zero-order valence-corrected chi connectivity index (χ0v) is 18.6. The van der Waals surface area contributed by atoms with Gasteiger partial charge >= 0.3 is 0 Å². The Hall–Kier alpha value is -2.64. The molecule has 4 rings (SSSR count). The third kappa shape index (κ3) is 4.13. The zero-order chi connectivity index (χ0) is 21.1. The van der Waals surface area contributed by atoms with Crippen molar-refractivity contribution < 1.29 is 9.59 Å². The summed E-state index contributed by atoms with van der Waals surface area (Å²) in [5.74, 6) is -0.0120. The van der Waals surface area contributed by atoms with Gasteiger partial charge in [0.25, 0.3) is 11.8 Å². The highest BCUT2D eigenvalue weighted by Gasteiger charge is 2.26. The summed E-state index contributed by atoms with van der Waals surface area (Å²) in [5.41, 5.74) is 5.00. The number of pyridine rings is 1.